The van der Waals surface area contributed by atoms with E-state index in [1.807, 2.05) is 0 Å². The smallest absolute Gasteiger partial charge is 0.317 e. The van der Waals surface area contributed by atoms with E-state index in [0.29, 0.717) is 18.5 Å². The number of carbonyl (C=O) groups is 2. The van der Waals surface area contributed by atoms with E-state index in [9.17, 15) is 18.4 Å². The van der Waals surface area contributed by atoms with E-state index >= 15 is 0 Å². The van der Waals surface area contributed by atoms with Crippen molar-refractivity contribution < 1.29 is 28.2 Å². The average molecular weight is 328 g/mol. The van der Waals surface area contributed by atoms with Gasteiger partial charge in [-0.3, -0.25) is 4.79 Å². The zero-order chi connectivity index (χ0) is 16.8. The van der Waals surface area contributed by atoms with Gasteiger partial charge in [0.15, 0.2) is 11.6 Å². The highest BCUT2D eigenvalue weighted by atomic mass is 19.2. The summed E-state index contributed by atoms with van der Waals surface area (Å²) in [6, 6.07) is 3.19. The van der Waals surface area contributed by atoms with E-state index < -0.39 is 23.7 Å². The summed E-state index contributed by atoms with van der Waals surface area (Å²) in [5.41, 5.74) is 0.465. The molecule has 2 amide bonds. The van der Waals surface area contributed by atoms with Gasteiger partial charge in [0.05, 0.1) is 13.2 Å². The molecule has 126 valence electrons. The predicted molar refractivity (Wildman–Crippen MR) is 76.9 cm³/mol. The molecule has 1 aromatic rings. The first kappa shape index (κ1) is 17.1. The number of halogens is 2. The van der Waals surface area contributed by atoms with Crippen LogP contribution in [-0.4, -0.2) is 48.2 Å². The third-order valence-electron chi connectivity index (χ3n) is 3.51. The van der Waals surface area contributed by atoms with Crippen LogP contribution in [0.4, 0.5) is 13.6 Å². The number of ether oxygens (including phenoxy) is 1. The van der Waals surface area contributed by atoms with Crippen LogP contribution in [0.5, 0.6) is 0 Å². The normalized spacial score (nSPS) is 17.8. The number of benzene rings is 1. The number of hydrogen-bond donors (Lipinski definition) is 2. The number of hydrogen-bond acceptors (Lipinski definition) is 3. The highest BCUT2D eigenvalue weighted by Gasteiger charge is 2.25. The number of carboxylic acid groups (broad SMARTS) is 1. The fourth-order valence-electron chi connectivity index (χ4n) is 2.29. The van der Waals surface area contributed by atoms with E-state index in [1.165, 1.54) is 11.0 Å². The van der Waals surface area contributed by atoms with Crippen molar-refractivity contribution in [3.05, 3.63) is 35.4 Å². The number of nitrogens with zero attached hydrogens (tertiary/aromatic N) is 1. The van der Waals surface area contributed by atoms with E-state index in [-0.39, 0.29) is 32.1 Å². The first-order chi connectivity index (χ1) is 11.0. The van der Waals surface area contributed by atoms with Crippen LogP contribution in [0.3, 0.4) is 0 Å². The van der Waals surface area contributed by atoms with Gasteiger partial charge in [0.25, 0.3) is 0 Å². The van der Waals surface area contributed by atoms with Crippen molar-refractivity contribution in [3.63, 3.8) is 0 Å². The topological polar surface area (TPSA) is 78.9 Å². The Morgan fingerprint density at radius 2 is 2.13 bits per heavy atom. The first-order valence-corrected chi connectivity index (χ1v) is 7.28. The van der Waals surface area contributed by atoms with Crippen LogP contribution < -0.4 is 5.32 Å². The molecule has 1 aliphatic heterocycles. The number of rotatable bonds is 5. The summed E-state index contributed by atoms with van der Waals surface area (Å²) in [7, 11) is 0. The number of amides is 2. The molecule has 1 aromatic carbocycles. The van der Waals surface area contributed by atoms with Crippen LogP contribution in [0, 0.1) is 11.6 Å². The van der Waals surface area contributed by atoms with Crippen molar-refractivity contribution in [1.82, 2.24) is 10.2 Å². The quantitative estimate of drug-likeness (QED) is 0.809. The molecule has 0 aliphatic carbocycles. The van der Waals surface area contributed by atoms with Gasteiger partial charge in [-0.15, -0.1) is 0 Å². The summed E-state index contributed by atoms with van der Waals surface area (Å²) in [4.78, 5) is 23.9. The summed E-state index contributed by atoms with van der Waals surface area (Å²) < 4.78 is 31.8. The number of carbonyl (C=O) groups excluding carboxylic acids is 1. The molecule has 6 nitrogen and oxygen atoms in total. The van der Waals surface area contributed by atoms with Crippen LogP contribution in [0.1, 0.15) is 24.5 Å². The zero-order valence-corrected chi connectivity index (χ0v) is 12.4. The highest BCUT2D eigenvalue weighted by Crippen LogP contribution is 2.23. The molecule has 1 saturated heterocycles. The lowest BCUT2D eigenvalue weighted by atomic mass is 10.1. The first-order valence-electron chi connectivity index (χ1n) is 7.28. The van der Waals surface area contributed by atoms with Gasteiger partial charge in [0, 0.05) is 19.5 Å². The number of urea groups is 1. The number of aliphatic carboxylic acids is 1. The van der Waals surface area contributed by atoms with Gasteiger partial charge in [-0.2, -0.15) is 0 Å². The Labute approximate surface area is 132 Å². The predicted octanol–water partition coefficient (Wildman–Crippen LogP) is 1.91. The monoisotopic (exact) mass is 328 g/mol. The lowest BCUT2D eigenvalue weighted by Gasteiger charge is -2.33. The van der Waals surface area contributed by atoms with Crippen molar-refractivity contribution in [2.45, 2.75) is 18.9 Å². The minimum atomic E-state index is -0.957. The van der Waals surface area contributed by atoms with Crippen molar-refractivity contribution in [2.24, 2.45) is 0 Å². The van der Waals surface area contributed by atoms with E-state index in [0.717, 1.165) is 12.1 Å². The Bertz CT molecular complexity index is 583. The third-order valence-corrected chi connectivity index (χ3v) is 3.51. The van der Waals surface area contributed by atoms with Crippen LogP contribution in [0.15, 0.2) is 18.2 Å². The summed E-state index contributed by atoms with van der Waals surface area (Å²) >= 11 is 0. The molecule has 1 fully saturated rings. The van der Waals surface area contributed by atoms with Crippen molar-refractivity contribution in [2.75, 3.05) is 26.2 Å². The van der Waals surface area contributed by atoms with E-state index in [4.69, 9.17) is 9.84 Å². The number of morpholine rings is 1. The Morgan fingerprint density at radius 1 is 1.35 bits per heavy atom. The van der Waals surface area contributed by atoms with Gasteiger partial charge in [-0.1, -0.05) is 6.07 Å². The molecule has 0 aromatic heterocycles. The van der Waals surface area contributed by atoms with Gasteiger partial charge in [-0.05, 0) is 24.1 Å². The molecule has 1 heterocycles. The minimum absolute atomic E-state index is 0.0130. The fraction of sp³-hybridized carbons (Fsp3) is 0.467. The molecule has 1 aliphatic rings. The SMILES string of the molecule is O=C(O)CCCNC(=O)N1CCOC(c2ccc(F)c(F)c2)C1. The Morgan fingerprint density at radius 3 is 2.83 bits per heavy atom. The van der Waals surface area contributed by atoms with Crippen LogP contribution >= 0.6 is 0 Å². The molecule has 0 saturated carbocycles. The summed E-state index contributed by atoms with van der Waals surface area (Å²) in [5.74, 6) is -2.80. The lowest BCUT2D eigenvalue weighted by molar-refractivity contribution is -0.137. The van der Waals surface area contributed by atoms with Gasteiger partial charge < -0.3 is 20.1 Å². The fourth-order valence-corrected chi connectivity index (χ4v) is 2.29. The lowest BCUT2D eigenvalue weighted by Crippen LogP contribution is -2.47. The molecule has 0 radical (unpaired) electrons. The number of nitrogens with one attached hydrogen (secondary N) is 1. The summed E-state index contributed by atoms with van der Waals surface area (Å²) in [6.45, 7) is 1.14. The molecule has 1 unspecified atom stereocenters. The maximum Gasteiger partial charge on any atom is 0.317 e. The third kappa shape index (κ3) is 4.88. The molecule has 23 heavy (non-hydrogen) atoms. The van der Waals surface area contributed by atoms with Gasteiger partial charge in [-0.25, -0.2) is 13.6 Å². The second kappa shape index (κ2) is 7.87. The largest absolute Gasteiger partial charge is 0.481 e. The molecule has 0 bridgehead atoms. The van der Waals surface area contributed by atoms with Crippen LogP contribution in [0.2, 0.25) is 0 Å². The molecular formula is C15H18F2N2O4. The average Bonchev–Trinajstić information content (AvgIpc) is 2.54. The van der Waals surface area contributed by atoms with Crippen molar-refractivity contribution >= 4 is 12.0 Å². The summed E-state index contributed by atoms with van der Waals surface area (Å²) in [6.07, 6.45) is -0.192. The summed E-state index contributed by atoms with van der Waals surface area (Å²) in [5, 5.41) is 11.2. The van der Waals surface area contributed by atoms with Crippen LogP contribution in [-0.2, 0) is 9.53 Å². The Hall–Kier alpha value is -2.22. The van der Waals surface area contributed by atoms with Gasteiger partial charge in [0.1, 0.15) is 6.10 Å². The van der Waals surface area contributed by atoms with Gasteiger partial charge >= 0.3 is 12.0 Å². The van der Waals surface area contributed by atoms with Crippen molar-refractivity contribution in [1.29, 1.82) is 0 Å². The molecule has 2 rings (SSSR count). The Kier molecular flexibility index (Phi) is 5.86. The second-order valence-electron chi connectivity index (χ2n) is 5.21. The highest BCUT2D eigenvalue weighted by molar-refractivity contribution is 5.74. The second-order valence-corrected chi connectivity index (χ2v) is 5.21. The Balaban J connectivity index is 1.88. The molecule has 2 N–H and O–H groups in total. The maximum absolute atomic E-state index is 13.3. The van der Waals surface area contributed by atoms with Crippen molar-refractivity contribution in [3.8, 4) is 0 Å². The molecular weight excluding hydrogens is 310 g/mol. The standard InChI is InChI=1S/C15H18F2N2O4/c16-11-4-3-10(8-12(11)17)13-9-19(6-7-23-13)15(22)18-5-1-2-14(20)21/h3-4,8,13H,1-2,5-7,9H2,(H,18,22)(H,20,21). The molecule has 8 heteroatoms. The van der Waals surface area contributed by atoms with E-state index in [2.05, 4.69) is 5.32 Å². The van der Waals surface area contributed by atoms with E-state index in [1.54, 1.807) is 0 Å². The van der Waals surface area contributed by atoms with Crippen LogP contribution in [0.25, 0.3) is 0 Å². The molecule has 0 spiro atoms. The van der Waals surface area contributed by atoms with Gasteiger partial charge in [0.2, 0.25) is 0 Å². The maximum atomic E-state index is 13.3. The molecule has 1 atom stereocenters. The minimum Gasteiger partial charge on any atom is -0.481 e. The number of carboxylic acids is 1. The zero-order valence-electron chi connectivity index (χ0n) is 12.4.